The van der Waals surface area contributed by atoms with Crippen molar-refractivity contribution in [1.29, 1.82) is 0 Å². The highest BCUT2D eigenvalue weighted by molar-refractivity contribution is 4.89. The van der Waals surface area contributed by atoms with Gasteiger partial charge in [0.15, 0.2) is 11.6 Å². The molecule has 0 amide bonds. The van der Waals surface area contributed by atoms with E-state index in [0.717, 1.165) is 0 Å². The lowest BCUT2D eigenvalue weighted by Crippen LogP contribution is -2.63. The van der Waals surface area contributed by atoms with E-state index >= 15 is 0 Å². The number of rotatable bonds is 1. The van der Waals surface area contributed by atoms with E-state index < -0.39 is 11.6 Å². The van der Waals surface area contributed by atoms with Crippen LogP contribution in [0.25, 0.3) is 0 Å². The van der Waals surface area contributed by atoms with Crippen LogP contribution in [-0.4, -0.2) is 48.2 Å². The second-order valence-electron chi connectivity index (χ2n) is 5.19. The first-order chi connectivity index (χ1) is 7.33. The van der Waals surface area contributed by atoms with Crippen LogP contribution in [0.3, 0.4) is 0 Å². The van der Waals surface area contributed by atoms with Crippen molar-refractivity contribution in [2.45, 2.75) is 57.6 Å². The molecule has 2 aliphatic heterocycles. The van der Waals surface area contributed by atoms with Crippen molar-refractivity contribution < 1.29 is 24.1 Å². The zero-order chi connectivity index (χ0) is 12.0. The molecular weight excluding hydrogens is 212 g/mol. The fourth-order valence-corrected chi connectivity index (χ4v) is 2.20. The Kier molecular flexibility index (Phi) is 3.01. The molecule has 2 aliphatic rings. The van der Waals surface area contributed by atoms with E-state index in [-0.39, 0.29) is 24.9 Å². The molecule has 5 nitrogen and oxygen atoms in total. The lowest BCUT2D eigenvalue weighted by atomic mass is 10.0. The van der Waals surface area contributed by atoms with Gasteiger partial charge in [0.25, 0.3) is 0 Å². The van der Waals surface area contributed by atoms with Gasteiger partial charge in [0.1, 0.15) is 18.3 Å². The van der Waals surface area contributed by atoms with Gasteiger partial charge in [-0.05, 0) is 27.7 Å². The van der Waals surface area contributed by atoms with E-state index in [9.17, 15) is 5.11 Å². The lowest BCUT2D eigenvalue weighted by Gasteiger charge is -2.50. The van der Waals surface area contributed by atoms with E-state index in [4.69, 9.17) is 18.9 Å². The van der Waals surface area contributed by atoms with E-state index in [1.165, 1.54) is 0 Å². The predicted molar refractivity (Wildman–Crippen MR) is 55.8 cm³/mol. The van der Waals surface area contributed by atoms with Crippen molar-refractivity contribution >= 4 is 0 Å². The van der Waals surface area contributed by atoms with E-state index in [1.54, 1.807) is 0 Å². The van der Waals surface area contributed by atoms with Gasteiger partial charge in [0.2, 0.25) is 0 Å². The molecule has 2 fully saturated rings. The van der Waals surface area contributed by atoms with Gasteiger partial charge >= 0.3 is 0 Å². The Hall–Kier alpha value is -0.200. The first-order valence-electron chi connectivity index (χ1n) is 5.61. The molecule has 3 atom stereocenters. The zero-order valence-electron chi connectivity index (χ0n) is 10.2. The quantitative estimate of drug-likeness (QED) is 0.719. The summed E-state index contributed by atoms with van der Waals surface area (Å²) in [7, 11) is 0. The van der Waals surface area contributed by atoms with Gasteiger partial charge in [-0.25, -0.2) is 0 Å². The molecule has 1 N–H and O–H groups in total. The minimum Gasteiger partial charge on any atom is -0.394 e. The van der Waals surface area contributed by atoms with Crippen LogP contribution in [0.4, 0.5) is 0 Å². The minimum atomic E-state index is -0.706. The highest BCUT2D eigenvalue weighted by atomic mass is 16.8. The maximum absolute atomic E-state index is 9.33. The Morgan fingerprint density at radius 2 is 1.75 bits per heavy atom. The van der Waals surface area contributed by atoms with Gasteiger partial charge < -0.3 is 24.1 Å². The molecule has 0 aromatic heterocycles. The number of hydrogen-bond donors (Lipinski definition) is 1. The van der Waals surface area contributed by atoms with Crippen molar-refractivity contribution in [2.75, 3.05) is 13.2 Å². The van der Waals surface area contributed by atoms with Gasteiger partial charge in [-0.15, -0.1) is 0 Å². The molecule has 0 saturated carbocycles. The molecule has 94 valence electrons. The number of ether oxygens (including phenoxy) is 4. The monoisotopic (exact) mass is 232 g/mol. The average Bonchev–Trinajstić information content (AvgIpc) is 2.16. The van der Waals surface area contributed by atoms with E-state index in [1.807, 2.05) is 27.7 Å². The summed E-state index contributed by atoms with van der Waals surface area (Å²) in [4.78, 5) is 0. The Labute approximate surface area is 95.6 Å². The third-order valence-corrected chi connectivity index (χ3v) is 2.80. The van der Waals surface area contributed by atoms with Gasteiger partial charge in [0, 0.05) is 0 Å². The average molecular weight is 232 g/mol. The Morgan fingerprint density at radius 1 is 1.06 bits per heavy atom. The zero-order valence-corrected chi connectivity index (χ0v) is 10.2. The summed E-state index contributed by atoms with van der Waals surface area (Å²) in [6.07, 6.45) is -0.826. The fourth-order valence-electron chi connectivity index (χ4n) is 2.20. The highest BCUT2D eigenvalue weighted by Gasteiger charge is 2.49. The summed E-state index contributed by atoms with van der Waals surface area (Å²) in [5, 5.41) is 9.33. The maximum Gasteiger partial charge on any atom is 0.163 e. The molecule has 0 aromatic carbocycles. The smallest absolute Gasteiger partial charge is 0.163 e. The van der Waals surface area contributed by atoms with Crippen LogP contribution < -0.4 is 0 Å². The van der Waals surface area contributed by atoms with Gasteiger partial charge in [-0.1, -0.05) is 0 Å². The van der Waals surface area contributed by atoms with Crippen LogP contribution in [0.5, 0.6) is 0 Å². The van der Waals surface area contributed by atoms with Gasteiger partial charge in [0.05, 0.1) is 13.2 Å². The highest BCUT2D eigenvalue weighted by Crippen LogP contribution is 2.35. The summed E-state index contributed by atoms with van der Waals surface area (Å²) >= 11 is 0. The third-order valence-electron chi connectivity index (χ3n) is 2.80. The number of fused-ring (bicyclic) bond motifs is 1. The maximum atomic E-state index is 9.33. The number of hydrogen-bond acceptors (Lipinski definition) is 5. The van der Waals surface area contributed by atoms with Crippen molar-refractivity contribution in [3.8, 4) is 0 Å². The SMILES string of the molecule is CC1(C)OC(CO)C2OC(C)(C)OCC2O1. The van der Waals surface area contributed by atoms with Crippen LogP contribution in [-0.2, 0) is 18.9 Å². The van der Waals surface area contributed by atoms with Gasteiger partial charge in [-0.2, -0.15) is 0 Å². The molecule has 0 bridgehead atoms. The summed E-state index contributed by atoms with van der Waals surface area (Å²) in [6.45, 7) is 7.72. The van der Waals surface area contributed by atoms with Crippen LogP contribution in [0.1, 0.15) is 27.7 Å². The van der Waals surface area contributed by atoms with Gasteiger partial charge in [-0.3, -0.25) is 0 Å². The predicted octanol–water partition coefficient (Wildman–Crippen LogP) is 0.650. The molecule has 0 aliphatic carbocycles. The fraction of sp³-hybridized carbons (Fsp3) is 1.00. The lowest BCUT2D eigenvalue weighted by molar-refractivity contribution is -0.408. The summed E-state index contributed by atoms with van der Waals surface area (Å²) < 4.78 is 22.6. The second kappa shape index (κ2) is 3.92. The number of aliphatic hydroxyl groups excluding tert-OH is 1. The molecule has 16 heavy (non-hydrogen) atoms. The first kappa shape index (κ1) is 12.3. The second-order valence-corrected chi connectivity index (χ2v) is 5.19. The van der Waals surface area contributed by atoms with Crippen LogP contribution in [0.15, 0.2) is 0 Å². The third kappa shape index (κ3) is 2.38. The van der Waals surface area contributed by atoms with Crippen molar-refractivity contribution in [3.63, 3.8) is 0 Å². The first-order valence-corrected chi connectivity index (χ1v) is 5.61. The summed E-state index contributed by atoms with van der Waals surface area (Å²) in [5.74, 6) is -1.36. The largest absolute Gasteiger partial charge is 0.394 e. The summed E-state index contributed by atoms with van der Waals surface area (Å²) in [6, 6.07) is 0. The molecule has 0 aromatic rings. The molecule has 0 radical (unpaired) electrons. The van der Waals surface area contributed by atoms with Crippen molar-refractivity contribution in [2.24, 2.45) is 0 Å². The van der Waals surface area contributed by atoms with Crippen molar-refractivity contribution in [3.05, 3.63) is 0 Å². The number of aliphatic hydroxyl groups is 1. The van der Waals surface area contributed by atoms with E-state index in [2.05, 4.69) is 0 Å². The van der Waals surface area contributed by atoms with Crippen LogP contribution in [0, 0.1) is 0 Å². The molecule has 3 unspecified atom stereocenters. The topological polar surface area (TPSA) is 57.2 Å². The Morgan fingerprint density at radius 3 is 2.38 bits per heavy atom. The molecular formula is C11H20O5. The Balaban J connectivity index is 2.14. The molecule has 5 heteroatoms. The van der Waals surface area contributed by atoms with E-state index in [0.29, 0.717) is 6.61 Å². The molecule has 2 saturated heterocycles. The molecule has 2 rings (SSSR count). The standard InChI is InChI=1S/C11H20O5/c1-10(2)13-6-8-9(16-10)7(5-12)14-11(3,4)15-8/h7-9,12H,5-6H2,1-4H3. The summed E-state index contributed by atoms with van der Waals surface area (Å²) in [5.41, 5.74) is 0. The van der Waals surface area contributed by atoms with Crippen molar-refractivity contribution in [1.82, 2.24) is 0 Å². The normalized spacial score (nSPS) is 41.4. The minimum absolute atomic E-state index is 0.0793. The van der Waals surface area contributed by atoms with Crippen LogP contribution >= 0.6 is 0 Å². The molecule has 2 heterocycles. The van der Waals surface area contributed by atoms with Crippen LogP contribution in [0.2, 0.25) is 0 Å². The molecule has 0 spiro atoms. The Bertz CT molecular complexity index is 253.